The standard InChI is InChI=1S/C28H34N4O3/c1-19-7-8-22(33-3)14-24(19)31-28-21(17-29)18-30-25-16-27(26(34-4)15-23(25)28)35-13-5-6-20-9-11-32(2)12-10-20/h7-8,14-16,18,20H,5-6,9-13H2,1-4H3,(H,30,31). The second-order valence-corrected chi connectivity index (χ2v) is 9.22. The second kappa shape index (κ2) is 11.3. The van der Waals surface area contributed by atoms with Crippen LogP contribution in [0.25, 0.3) is 10.9 Å². The first-order valence-electron chi connectivity index (χ1n) is 12.2. The van der Waals surface area contributed by atoms with Crippen molar-refractivity contribution in [2.45, 2.75) is 32.6 Å². The number of likely N-dealkylation sites (tertiary alicyclic amines) is 1. The molecule has 0 amide bonds. The maximum atomic E-state index is 9.76. The molecular weight excluding hydrogens is 440 g/mol. The van der Waals surface area contributed by atoms with E-state index in [1.54, 1.807) is 20.4 Å². The SMILES string of the molecule is COc1ccc(C)c(Nc2c(C#N)cnc3cc(OCCCC4CCN(C)CC4)c(OC)cc23)c1. The van der Waals surface area contributed by atoms with Crippen LogP contribution in [0.1, 0.15) is 36.8 Å². The molecule has 1 aliphatic heterocycles. The zero-order chi connectivity index (χ0) is 24.8. The number of nitrogens with one attached hydrogen (secondary N) is 1. The predicted octanol–water partition coefficient (Wildman–Crippen LogP) is 5.68. The number of nitrogens with zero attached hydrogens (tertiary/aromatic N) is 3. The van der Waals surface area contributed by atoms with Gasteiger partial charge >= 0.3 is 0 Å². The molecule has 184 valence electrons. The van der Waals surface area contributed by atoms with Gasteiger partial charge in [-0.3, -0.25) is 4.98 Å². The van der Waals surface area contributed by atoms with E-state index in [0.29, 0.717) is 29.4 Å². The fourth-order valence-corrected chi connectivity index (χ4v) is 4.59. The highest BCUT2D eigenvalue weighted by atomic mass is 16.5. The minimum absolute atomic E-state index is 0.452. The molecule has 7 heteroatoms. The number of hydrogen-bond acceptors (Lipinski definition) is 7. The van der Waals surface area contributed by atoms with Gasteiger partial charge in [-0.05, 0) is 76.4 Å². The third-order valence-corrected chi connectivity index (χ3v) is 6.83. The number of ether oxygens (including phenoxy) is 3. The second-order valence-electron chi connectivity index (χ2n) is 9.22. The Balaban J connectivity index is 1.56. The zero-order valence-corrected chi connectivity index (χ0v) is 21.1. The normalized spacial score (nSPS) is 14.5. The van der Waals surface area contributed by atoms with Gasteiger partial charge in [0.2, 0.25) is 0 Å². The van der Waals surface area contributed by atoms with Crippen LogP contribution in [-0.4, -0.2) is 50.8 Å². The van der Waals surface area contributed by atoms with E-state index in [2.05, 4.69) is 28.3 Å². The Morgan fingerprint density at radius 2 is 1.91 bits per heavy atom. The van der Waals surface area contributed by atoms with Crippen molar-refractivity contribution in [2.24, 2.45) is 5.92 Å². The number of aryl methyl sites for hydroxylation is 1. The number of benzene rings is 2. The molecule has 2 heterocycles. The highest BCUT2D eigenvalue weighted by Crippen LogP contribution is 2.38. The number of rotatable bonds is 9. The summed E-state index contributed by atoms with van der Waals surface area (Å²) in [5.41, 5.74) is 3.77. The van der Waals surface area contributed by atoms with E-state index in [1.807, 2.05) is 37.3 Å². The summed E-state index contributed by atoms with van der Waals surface area (Å²) in [5, 5.41) is 14.0. The molecule has 3 aromatic rings. The zero-order valence-electron chi connectivity index (χ0n) is 21.1. The van der Waals surface area contributed by atoms with Gasteiger partial charge in [-0.2, -0.15) is 5.26 Å². The average molecular weight is 475 g/mol. The number of aromatic nitrogens is 1. The van der Waals surface area contributed by atoms with Crippen molar-refractivity contribution in [3.05, 3.63) is 47.7 Å². The number of anilines is 2. The molecule has 0 spiro atoms. The van der Waals surface area contributed by atoms with Crippen molar-refractivity contribution in [3.63, 3.8) is 0 Å². The highest BCUT2D eigenvalue weighted by molar-refractivity contribution is 5.97. The molecular formula is C28H34N4O3. The Kier molecular flexibility index (Phi) is 7.94. The molecule has 7 nitrogen and oxygen atoms in total. The van der Waals surface area contributed by atoms with E-state index < -0.39 is 0 Å². The lowest BCUT2D eigenvalue weighted by Crippen LogP contribution is -2.30. The van der Waals surface area contributed by atoms with Crippen LogP contribution in [0.3, 0.4) is 0 Å². The van der Waals surface area contributed by atoms with Gasteiger partial charge in [0.1, 0.15) is 11.8 Å². The van der Waals surface area contributed by atoms with Crippen LogP contribution < -0.4 is 19.5 Å². The van der Waals surface area contributed by atoms with Crippen molar-refractivity contribution in [2.75, 3.05) is 46.3 Å². The van der Waals surface area contributed by atoms with E-state index in [0.717, 1.165) is 40.2 Å². The summed E-state index contributed by atoms with van der Waals surface area (Å²) < 4.78 is 17.2. The third kappa shape index (κ3) is 5.77. The smallest absolute Gasteiger partial charge is 0.163 e. The molecule has 0 radical (unpaired) electrons. The Bertz CT molecular complexity index is 1210. The number of fused-ring (bicyclic) bond motifs is 1. The monoisotopic (exact) mass is 474 g/mol. The lowest BCUT2D eigenvalue weighted by atomic mass is 9.93. The van der Waals surface area contributed by atoms with Gasteiger partial charge in [-0.15, -0.1) is 0 Å². The van der Waals surface area contributed by atoms with E-state index in [4.69, 9.17) is 14.2 Å². The number of pyridine rings is 1. The Morgan fingerprint density at radius 1 is 1.11 bits per heavy atom. The summed E-state index contributed by atoms with van der Waals surface area (Å²) in [6.45, 7) is 5.02. The molecule has 0 aliphatic carbocycles. The molecule has 0 saturated carbocycles. The maximum Gasteiger partial charge on any atom is 0.163 e. The summed E-state index contributed by atoms with van der Waals surface area (Å²) in [6.07, 6.45) is 6.32. The van der Waals surface area contributed by atoms with Crippen LogP contribution in [0.15, 0.2) is 36.5 Å². The molecule has 0 atom stereocenters. The molecule has 1 aliphatic rings. The quantitative estimate of drug-likeness (QED) is 0.400. The lowest BCUT2D eigenvalue weighted by Gasteiger charge is -2.28. The Morgan fingerprint density at radius 3 is 2.63 bits per heavy atom. The van der Waals surface area contributed by atoms with Crippen LogP contribution in [0.2, 0.25) is 0 Å². The van der Waals surface area contributed by atoms with E-state index in [1.165, 1.54) is 32.4 Å². The molecule has 1 fully saturated rings. The van der Waals surface area contributed by atoms with Crippen molar-refractivity contribution < 1.29 is 14.2 Å². The van der Waals surface area contributed by atoms with Gasteiger partial charge in [0, 0.05) is 29.4 Å². The van der Waals surface area contributed by atoms with E-state index >= 15 is 0 Å². The maximum absolute atomic E-state index is 9.76. The summed E-state index contributed by atoms with van der Waals surface area (Å²) in [4.78, 5) is 6.93. The van der Waals surface area contributed by atoms with Crippen molar-refractivity contribution >= 4 is 22.3 Å². The Labute approximate surface area is 207 Å². The topological polar surface area (TPSA) is 79.6 Å². The van der Waals surface area contributed by atoms with Crippen molar-refractivity contribution in [1.82, 2.24) is 9.88 Å². The summed E-state index contributed by atoms with van der Waals surface area (Å²) in [7, 11) is 5.46. The van der Waals surface area contributed by atoms with Crippen LogP contribution in [0, 0.1) is 24.2 Å². The molecule has 2 aromatic carbocycles. The fraction of sp³-hybridized carbons (Fsp3) is 0.429. The first-order valence-corrected chi connectivity index (χ1v) is 12.2. The van der Waals surface area contributed by atoms with Gasteiger partial charge in [0.25, 0.3) is 0 Å². The highest BCUT2D eigenvalue weighted by Gasteiger charge is 2.18. The van der Waals surface area contributed by atoms with Gasteiger partial charge in [0.15, 0.2) is 11.5 Å². The Hall–Kier alpha value is -3.50. The molecule has 1 saturated heterocycles. The number of piperidine rings is 1. The number of hydrogen-bond donors (Lipinski definition) is 1. The lowest BCUT2D eigenvalue weighted by molar-refractivity contribution is 0.199. The van der Waals surface area contributed by atoms with Gasteiger partial charge < -0.3 is 24.4 Å². The van der Waals surface area contributed by atoms with E-state index in [-0.39, 0.29) is 0 Å². The predicted molar refractivity (Wildman–Crippen MR) is 139 cm³/mol. The minimum atomic E-state index is 0.452. The van der Waals surface area contributed by atoms with Crippen LogP contribution in [-0.2, 0) is 0 Å². The summed E-state index contributed by atoms with van der Waals surface area (Å²) in [5.74, 6) is 2.82. The van der Waals surface area contributed by atoms with Crippen LogP contribution in [0.5, 0.6) is 17.2 Å². The molecule has 0 bridgehead atoms. The van der Waals surface area contributed by atoms with Gasteiger partial charge in [0.05, 0.1) is 37.6 Å². The third-order valence-electron chi connectivity index (χ3n) is 6.83. The molecule has 1 N–H and O–H groups in total. The van der Waals surface area contributed by atoms with Crippen LogP contribution >= 0.6 is 0 Å². The largest absolute Gasteiger partial charge is 0.497 e. The fourth-order valence-electron chi connectivity index (χ4n) is 4.59. The van der Waals surface area contributed by atoms with Crippen LogP contribution in [0.4, 0.5) is 11.4 Å². The van der Waals surface area contributed by atoms with Gasteiger partial charge in [-0.1, -0.05) is 6.07 Å². The number of nitriles is 1. The number of methoxy groups -OCH3 is 2. The summed E-state index contributed by atoms with van der Waals surface area (Å²) in [6, 6.07) is 11.9. The average Bonchev–Trinajstić information content (AvgIpc) is 2.88. The molecule has 4 rings (SSSR count). The summed E-state index contributed by atoms with van der Waals surface area (Å²) >= 11 is 0. The van der Waals surface area contributed by atoms with Gasteiger partial charge in [-0.25, -0.2) is 0 Å². The molecule has 0 unspecified atom stereocenters. The molecule has 35 heavy (non-hydrogen) atoms. The first kappa shape index (κ1) is 24.6. The first-order chi connectivity index (χ1) is 17.0. The van der Waals surface area contributed by atoms with Crippen molar-refractivity contribution in [1.29, 1.82) is 5.26 Å². The van der Waals surface area contributed by atoms with E-state index in [9.17, 15) is 5.26 Å². The van der Waals surface area contributed by atoms with Crippen molar-refractivity contribution in [3.8, 4) is 23.3 Å². The minimum Gasteiger partial charge on any atom is -0.497 e. The molecule has 1 aromatic heterocycles.